The van der Waals surface area contributed by atoms with Crippen molar-refractivity contribution in [3.63, 3.8) is 0 Å². The van der Waals surface area contributed by atoms with E-state index in [-0.39, 0.29) is 18.2 Å². The highest BCUT2D eigenvalue weighted by molar-refractivity contribution is 7.14. The zero-order valence-corrected chi connectivity index (χ0v) is 14.8. The van der Waals surface area contributed by atoms with Crippen LogP contribution in [-0.4, -0.2) is 27.1 Å². The number of fused-ring (bicyclic) bond motifs is 1. The van der Waals surface area contributed by atoms with E-state index in [1.54, 1.807) is 0 Å². The van der Waals surface area contributed by atoms with Gasteiger partial charge >= 0.3 is 0 Å². The van der Waals surface area contributed by atoms with Gasteiger partial charge in [0.05, 0.1) is 18.2 Å². The van der Waals surface area contributed by atoms with E-state index in [2.05, 4.69) is 21.4 Å². The molecule has 0 aliphatic rings. The van der Waals surface area contributed by atoms with Crippen LogP contribution in [0.3, 0.4) is 0 Å². The van der Waals surface area contributed by atoms with Crippen molar-refractivity contribution in [3.05, 3.63) is 35.3 Å². The molecule has 3 aromatic rings. The zero-order chi connectivity index (χ0) is 17.3. The first-order valence-electron chi connectivity index (χ1n) is 7.97. The minimum Gasteiger partial charge on any atom is -0.392 e. The third kappa shape index (κ3) is 3.34. The highest BCUT2D eigenvalue weighted by Gasteiger charge is 2.17. The molecule has 1 aromatic carbocycles. The third-order valence-corrected chi connectivity index (χ3v) is 4.82. The van der Waals surface area contributed by atoms with Crippen molar-refractivity contribution in [1.82, 2.24) is 9.97 Å². The second-order valence-corrected chi connectivity index (χ2v) is 7.13. The van der Waals surface area contributed by atoms with Gasteiger partial charge in [-0.3, -0.25) is 4.79 Å². The number of rotatable bonds is 5. The summed E-state index contributed by atoms with van der Waals surface area (Å²) in [5.74, 6) is -0.163. The molecule has 3 N–H and O–H groups in total. The molecule has 126 valence electrons. The quantitative estimate of drug-likeness (QED) is 0.656. The van der Waals surface area contributed by atoms with Crippen LogP contribution in [0.2, 0.25) is 0 Å². The Morgan fingerprint density at radius 1 is 1.38 bits per heavy atom. The highest BCUT2D eigenvalue weighted by Crippen LogP contribution is 2.33. The standard InChI is InChI=1S/C18H21N3O2S/c1-10(2)15(22)8-16(23)21-18-20-14(9-24-18)17-11(3)19-13-7-5-4-6-12(13)17/h4-7,9-10,15,19,22H,8H2,1-3H3,(H,20,21,23). The normalized spacial score (nSPS) is 12.7. The molecular weight excluding hydrogens is 322 g/mol. The first-order chi connectivity index (χ1) is 11.5. The van der Waals surface area contributed by atoms with Crippen molar-refractivity contribution >= 4 is 33.3 Å². The number of hydrogen-bond acceptors (Lipinski definition) is 4. The van der Waals surface area contributed by atoms with Gasteiger partial charge in [0.1, 0.15) is 0 Å². The highest BCUT2D eigenvalue weighted by atomic mass is 32.1. The number of aromatic amines is 1. The molecule has 5 nitrogen and oxygen atoms in total. The lowest BCUT2D eigenvalue weighted by Crippen LogP contribution is -2.23. The zero-order valence-electron chi connectivity index (χ0n) is 14.0. The van der Waals surface area contributed by atoms with Gasteiger partial charge in [0.25, 0.3) is 0 Å². The van der Waals surface area contributed by atoms with Crippen molar-refractivity contribution in [3.8, 4) is 11.3 Å². The number of para-hydroxylation sites is 1. The van der Waals surface area contributed by atoms with Gasteiger partial charge in [-0.25, -0.2) is 4.98 Å². The summed E-state index contributed by atoms with van der Waals surface area (Å²) in [4.78, 5) is 19.9. The van der Waals surface area contributed by atoms with E-state index < -0.39 is 6.10 Å². The summed E-state index contributed by atoms with van der Waals surface area (Å²) < 4.78 is 0. The number of carbonyl (C=O) groups is 1. The molecule has 0 bridgehead atoms. The van der Waals surface area contributed by atoms with E-state index in [1.807, 2.05) is 44.4 Å². The van der Waals surface area contributed by atoms with E-state index in [9.17, 15) is 9.90 Å². The van der Waals surface area contributed by atoms with Crippen molar-refractivity contribution in [2.75, 3.05) is 5.32 Å². The minimum atomic E-state index is -0.639. The molecule has 2 heterocycles. The van der Waals surface area contributed by atoms with Gasteiger partial charge in [0.15, 0.2) is 5.13 Å². The Kier molecular flexibility index (Phi) is 4.69. The van der Waals surface area contributed by atoms with Crippen LogP contribution in [0.1, 0.15) is 26.0 Å². The van der Waals surface area contributed by atoms with Crippen LogP contribution in [0.15, 0.2) is 29.6 Å². The number of benzene rings is 1. The molecule has 0 fully saturated rings. The van der Waals surface area contributed by atoms with E-state index in [4.69, 9.17) is 0 Å². The maximum absolute atomic E-state index is 12.0. The lowest BCUT2D eigenvalue weighted by molar-refractivity contribution is -0.118. The minimum absolute atomic E-state index is 0.0523. The lowest BCUT2D eigenvalue weighted by atomic mass is 10.0. The summed E-state index contributed by atoms with van der Waals surface area (Å²) in [5, 5.41) is 16.2. The second-order valence-electron chi connectivity index (χ2n) is 6.27. The summed E-state index contributed by atoms with van der Waals surface area (Å²) >= 11 is 1.39. The van der Waals surface area contributed by atoms with Gasteiger partial charge in [-0.05, 0) is 18.9 Å². The van der Waals surface area contributed by atoms with Crippen LogP contribution in [-0.2, 0) is 4.79 Å². The van der Waals surface area contributed by atoms with Gasteiger partial charge in [-0.15, -0.1) is 11.3 Å². The van der Waals surface area contributed by atoms with Crippen molar-refractivity contribution < 1.29 is 9.90 Å². The molecule has 1 unspecified atom stereocenters. The number of aromatic nitrogens is 2. The maximum Gasteiger partial charge on any atom is 0.228 e. The largest absolute Gasteiger partial charge is 0.392 e. The summed E-state index contributed by atoms with van der Waals surface area (Å²) in [6, 6.07) is 8.09. The smallest absolute Gasteiger partial charge is 0.228 e. The maximum atomic E-state index is 12.0. The Morgan fingerprint density at radius 3 is 2.88 bits per heavy atom. The number of nitrogens with zero attached hydrogens (tertiary/aromatic N) is 1. The van der Waals surface area contributed by atoms with Crippen LogP contribution in [0.25, 0.3) is 22.2 Å². The number of thiazole rings is 1. The molecule has 0 spiro atoms. The summed E-state index contributed by atoms with van der Waals surface area (Å²) in [6.45, 7) is 5.80. The van der Waals surface area contributed by atoms with E-state index >= 15 is 0 Å². The topological polar surface area (TPSA) is 78.0 Å². The van der Waals surface area contributed by atoms with Gasteiger partial charge in [-0.2, -0.15) is 0 Å². The van der Waals surface area contributed by atoms with Crippen molar-refractivity contribution in [1.29, 1.82) is 0 Å². The van der Waals surface area contributed by atoms with E-state index in [0.29, 0.717) is 5.13 Å². The Labute approximate surface area is 144 Å². The molecule has 0 saturated carbocycles. The number of H-pyrrole nitrogens is 1. The molecule has 0 aliphatic heterocycles. The fourth-order valence-corrected chi connectivity index (χ4v) is 3.37. The van der Waals surface area contributed by atoms with Crippen LogP contribution >= 0.6 is 11.3 Å². The summed E-state index contributed by atoms with van der Waals surface area (Å²) in [5.41, 5.74) is 4.03. The van der Waals surface area contributed by atoms with Gasteiger partial charge < -0.3 is 15.4 Å². The Balaban J connectivity index is 1.80. The average Bonchev–Trinajstić information content (AvgIpc) is 3.09. The van der Waals surface area contributed by atoms with Crippen molar-refractivity contribution in [2.45, 2.75) is 33.3 Å². The van der Waals surface area contributed by atoms with Gasteiger partial charge in [-0.1, -0.05) is 32.0 Å². The fourth-order valence-electron chi connectivity index (χ4n) is 2.65. The number of aliphatic hydroxyl groups is 1. The first-order valence-corrected chi connectivity index (χ1v) is 8.84. The number of hydrogen-bond donors (Lipinski definition) is 3. The predicted molar refractivity (Wildman–Crippen MR) is 98.2 cm³/mol. The van der Waals surface area contributed by atoms with Crippen LogP contribution in [0.5, 0.6) is 0 Å². The summed E-state index contributed by atoms with van der Waals surface area (Å²) in [6.07, 6.45) is -0.557. The average molecular weight is 343 g/mol. The van der Waals surface area contributed by atoms with E-state index in [1.165, 1.54) is 11.3 Å². The van der Waals surface area contributed by atoms with Crippen LogP contribution < -0.4 is 5.32 Å². The third-order valence-electron chi connectivity index (χ3n) is 4.06. The molecule has 0 radical (unpaired) electrons. The van der Waals surface area contributed by atoms with Gasteiger partial charge in [0, 0.05) is 27.5 Å². The van der Waals surface area contributed by atoms with E-state index in [0.717, 1.165) is 27.9 Å². The number of carbonyl (C=O) groups excluding carboxylic acids is 1. The molecule has 24 heavy (non-hydrogen) atoms. The molecule has 1 amide bonds. The monoisotopic (exact) mass is 343 g/mol. The number of aryl methyl sites for hydroxylation is 1. The fraction of sp³-hybridized carbons (Fsp3) is 0.333. The first kappa shape index (κ1) is 16.7. The summed E-state index contributed by atoms with van der Waals surface area (Å²) in [7, 11) is 0. The number of anilines is 1. The number of amides is 1. The van der Waals surface area contributed by atoms with Gasteiger partial charge in [0.2, 0.25) is 5.91 Å². The molecular formula is C18H21N3O2S. The number of aliphatic hydroxyl groups excluding tert-OH is 1. The molecule has 2 aromatic heterocycles. The molecule has 0 saturated heterocycles. The Morgan fingerprint density at radius 2 is 2.12 bits per heavy atom. The lowest BCUT2D eigenvalue weighted by Gasteiger charge is -2.12. The molecule has 1 atom stereocenters. The Hall–Kier alpha value is -2.18. The van der Waals surface area contributed by atoms with Crippen molar-refractivity contribution in [2.24, 2.45) is 5.92 Å². The second kappa shape index (κ2) is 6.75. The predicted octanol–water partition coefficient (Wildman–Crippen LogP) is 3.95. The molecule has 0 aliphatic carbocycles. The molecule has 3 rings (SSSR count). The number of nitrogens with one attached hydrogen (secondary N) is 2. The van der Waals surface area contributed by atoms with Crippen LogP contribution in [0, 0.1) is 12.8 Å². The SMILES string of the molecule is Cc1[nH]c2ccccc2c1-c1csc(NC(=O)CC(O)C(C)C)n1. The van der Waals surface area contributed by atoms with Crippen LogP contribution in [0.4, 0.5) is 5.13 Å². The molecule has 6 heteroatoms. The Bertz CT molecular complexity index is 866.